The highest BCUT2D eigenvalue weighted by atomic mass is 19.1. The average molecular weight is 296 g/mol. The van der Waals surface area contributed by atoms with Crippen molar-refractivity contribution in [3.8, 4) is 0 Å². The molecule has 0 bridgehead atoms. The zero-order chi connectivity index (χ0) is 15.7. The highest BCUT2D eigenvalue weighted by Gasteiger charge is 2.21. The van der Waals surface area contributed by atoms with Crippen molar-refractivity contribution in [1.82, 2.24) is 5.32 Å². The summed E-state index contributed by atoms with van der Waals surface area (Å²) >= 11 is 0. The number of para-hydroxylation sites is 1. The van der Waals surface area contributed by atoms with Crippen molar-refractivity contribution in [2.45, 2.75) is 46.2 Å². The summed E-state index contributed by atoms with van der Waals surface area (Å²) < 4.78 is 19.7. The second-order valence-electron chi connectivity index (χ2n) is 5.18. The number of ether oxygens (including phenoxy) is 1. The van der Waals surface area contributed by atoms with Gasteiger partial charge in [-0.1, -0.05) is 32.9 Å². The van der Waals surface area contributed by atoms with Crippen molar-refractivity contribution in [3.05, 3.63) is 29.6 Å². The van der Waals surface area contributed by atoms with Crippen molar-refractivity contribution in [3.63, 3.8) is 0 Å². The standard InChI is InChI=1S/C17H29FN2O/c1-5-15(6-2)20(11-12-21-4)17-14(13-19-7-3)9-8-10-16(17)18/h8-10,15,19H,5-7,11-13H2,1-4H3. The number of nitrogens with one attached hydrogen (secondary N) is 1. The summed E-state index contributed by atoms with van der Waals surface area (Å²) in [6, 6.07) is 5.67. The Morgan fingerprint density at radius 2 is 1.95 bits per heavy atom. The van der Waals surface area contributed by atoms with E-state index in [9.17, 15) is 4.39 Å². The van der Waals surface area contributed by atoms with Crippen LogP contribution in [0.2, 0.25) is 0 Å². The zero-order valence-electron chi connectivity index (χ0n) is 13.8. The van der Waals surface area contributed by atoms with Crippen LogP contribution in [0, 0.1) is 5.82 Å². The topological polar surface area (TPSA) is 24.5 Å². The van der Waals surface area contributed by atoms with Crippen LogP contribution in [0.4, 0.5) is 10.1 Å². The van der Waals surface area contributed by atoms with Gasteiger partial charge in [-0.3, -0.25) is 0 Å². The van der Waals surface area contributed by atoms with E-state index in [1.807, 2.05) is 6.07 Å². The van der Waals surface area contributed by atoms with Crippen LogP contribution in [-0.4, -0.2) is 32.8 Å². The number of rotatable bonds is 10. The van der Waals surface area contributed by atoms with Gasteiger partial charge in [0.1, 0.15) is 5.82 Å². The Morgan fingerprint density at radius 3 is 2.52 bits per heavy atom. The van der Waals surface area contributed by atoms with Gasteiger partial charge >= 0.3 is 0 Å². The third kappa shape index (κ3) is 4.97. The van der Waals surface area contributed by atoms with Gasteiger partial charge < -0.3 is 15.0 Å². The van der Waals surface area contributed by atoms with E-state index in [0.717, 1.165) is 30.6 Å². The van der Waals surface area contributed by atoms with E-state index >= 15 is 0 Å². The minimum atomic E-state index is -0.145. The minimum Gasteiger partial charge on any atom is -0.383 e. The Morgan fingerprint density at radius 1 is 1.24 bits per heavy atom. The largest absolute Gasteiger partial charge is 0.383 e. The Balaban J connectivity index is 3.14. The van der Waals surface area contributed by atoms with Gasteiger partial charge in [0.15, 0.2) is 0 Å². The summed E-state index contributed by atoms with van der Waals surface area (Å²) in [4.78, 5) is 2.17. The highest BCUT2D eigenvalue weighted by Crippen LogP contribution is 2.28. The molecule has 21 heavy (non-hydrogen) atoms. The third-order valence-corrected chi connectivity index (χ3v) is 3.84. The lowest BCUT2D eigenvalue weighted by atomic mass is 10.1. The second kappa shape index (κ2) is 9.74. The van der Waals surface area contributed by atoms with Gasteiger partial charge in [-0.25, -0.2) is 4.39 Å². The lowest BCUT2D eigenvalue weighted by Gasteiger charge is -2.34. The summed E-state index contributed by atoms with van der Waals surface area (Å²) in [6.45, 7) is 9.24. The first kappa shape index (κ1) is 17.9. The molecule has 0 aliphatic heterocycles. The van der Waals surface area contributed by atoms with E-state index in [0.29, 0.717) is 25.7 Å². The van der Waals surface area contributed by atoms with E-state index in [1.54, 1.807) is 19.2 Å². The van der Waals surface area contributed by atoms with Crippen LogP contribution in [0.25, 0.3) is 0 Å². The van der Waals surface area contributed by atoms with Crippen LogP contribution < -0.4 is 10.2 Å². The molecule has 4 heteroatoms. The predicted molar refractivity (Wildman–Crippen MR) is 87.4 cm³/mol. The van der Waals surface area contributed by atoms with E-state index in [4.69, 9.17) is 4.74 Å². The predicted octanol–water partition coefficient (Wildman–Crippen LogP) is 3.58. The van der Waals surface area contributed by atoms with Crippen molar-refractivity contribution in [2.75, 3.05) is 31.7 Å². The number of methoxy groups -OCH3 is 1. The molecule has 0 aliphatic rings. The number of hydrogen-bond donors (Lipinski definition) is 1. The maximum absolute atomic E-state index is 14.5. The molecule has 0 spiro atoms. The molecule has 0 atom stereocenters. The summed E-state index contributed by atoms with van der Waals surface area (Å²) in [5, 5.41) is 3.29. The van der Waals surface area contributed by atoms with Crippen LogP contribution in [-0.2, 0) is 11.3 Å². The van der Waals surface area contributed by atoms with Crippen LogP contribution in [0.5, 0.6) is 0 Å². The molecule has 0 aliphatic carbocycles. The van der Waals surface area contributed by atoms with Crippen LogP contribution in [0.1, 0.15) is 39.2 Å². The average Bonchev–Trinajstić information content (AvgIpc) is 2.50. The fraction of sp³-hybridized carbons (Fsp3) is 0.647. The molecule has 0 amide bonds. The van der Waals surface area contributed by atoms with Gasteiger partial charge in [0.25, 0.3) is 0 Å². The van der Waals surface area contributed by atoms with Gasteiger partial charge in [0.2, 0.25) is 0 Å². The molecular formula is C17H29FN2O. The molecule has 0 aromatic heterocycles. The fourth-order valence-electron chi connectivity index (χ4n) is 2.68. The second-order valence-corrected chi connectivity index (χ2v) is 5.18. The molecule has 0 saturated carbocycles. The van der Waals surface area contributed by atoms with Gasteiger partial charge in [0, 0.05) is 26.2 Å². The van der Waals surface area contributed by atoms with Gasteiger partial charge in [0.05, 0.1) is 12.3 Å². The molecule has 0 unspecified atom stereocenters. The quantitative estimate of drug-likeness (QED) is 0.714. The molecule has 1 rings (SSSR count). The molecular weight excluding hydrogens is 267 g/mol. The van der Waals surface area contributed by atoms with Crippen LogP contribution >= 0.6 is 0 Å². The molecule has 1 aromatic rings. The molecule has 1 N–H and O–H groups in total. The SMILES string of the molecule is CCNCc1cccc(F)c1N(CCOC)C(CC)CC. The smallest absolute Gasteiger partial charge is 0.146 e. The Bertz CT molecular complexity index is 408. The Kier molecular flexibility index (Phi) is 8.31. The number of halogens is 1. The van der Waals surface area contributed by atoms with E-state index in [1.165, 1.54) is 0 Å². The summed E-state index contributed by atoms with van der Waals surface area (Å²) in [7, 11) is 1.69. The number of anilines is 1. The minimum absolute atomic E-state index is 0.145. The van der Waals surface area contributed by atoms with Gasteiger partial charge in [-0.2, -0.15) is 0 Å². The monoisotopic (exact) mass is 296 g/mol. The first-order chi connectivity index (χ1) is 10.2. The lowest BCUT2D eigenvalue weighted by Crippen LogP contribution is -2.38. The molecule has 3 nitrogen and oxygen atoms in total. The van der Waals surface area contributed by atoms with Crippen LogP contribution in [0.15, 0.2) is 18.2 Å². The summed E-state index contributed by atoms with van der Waals surface area (Å²) in [5.74, 6) is -0.145. The molecule has 0 radical (unpaired) electrons. The first-order valence-corrected chi connectivity index (χ1v) is 7.93. The number of hydrogen-bond acceptors (Lipinski definition) is 3. The molecule has 0 heterocycles. The zero-order valence-corrected chi connectivity index (χ0v) is 13.8. The highest BCUT2D eigenvalue weighted by molar-refractivity contribution is 5.55. The van der Waals surface area contributed by atoms with E-state index in [-0.39, 0.29) is 5.82 Å². The van der Waals surface area contributed by atoms with Crippen molar-refractivity contribution in [2.24, 2.45) is 0 Å². The summed E-state index contributed by atoms with van der Waals surface area (Å²) in [6.07, 6.45) is 1.99. The normalized spacial score (nSPS) is 11.1. The van der Waals surface area contributed by atoms with Crippen molar-refractivity contribution in [1.29, 1.82) is 0 Å². The molecule has 0 saturated heterocycles. The van der Waals surface area contributed by atoms with Crippen molar-refractivity contribution >= 4 is 5.69 Å². The first-order valence-electron chi connectivity index (χ1n) is 7.93. The maximum atomic E-state index is 14.5. The van der Waals surface area contributed by atoms with E-state index in [2.05, 4.69) is 31.0 Å². The number of nitrogens with zero attached hydrogens (tertiary/aromatic N) is 1. The Hall–Kier alpha value is -1.13. The van der Waals surface area contributed by atoms with Crippen LogP contribution in [0.3, 0.4) is 0 Å². The molecule has 120 valence electrons. The van der Waals surface area contributed by atoms with Gasteiger partial charge in [-0.05, 0) is 31.0 Å². The fourth-order valence-corrected chi connectivity index (χ4v) is 2.68. The lowest BCUT2D eigenvalue weighted by molar-refractivity contribution is 0.202. The van der Waals surface area contributed by atoms with Crippen molar-refractivity contribution < 1.29 is 9.13 Å². The maximum Gasteiger partial charge on any atom is 0.146 e. The molecule has 1 aromatic carbocycles. The Labute approximate surface area is 128 Å². The molecule has 0 fully saturated rings. The third-order valence-electron chi connectivity index (χ3n) is 3.84. The van der Waals surface area contributed by atoms with E-state index < -0.39 is 0 Å². The summed E-state index contributed by atoms with van der Waals surface area (Å²) in [5.41, 5.74) is 1.74. The van der Waals surface area contributed by atoms with Gasteiger partial charge in [-0.15, -0.1) is 0 Å². The number of benzene rings is 1.